The van der Waals surface area contributed by atoms with E-state index in [0.717, 1.165) is 57.8 Å². The molecule has 0 heterocycles. The molecule has 0 aromatic carbocycles. The zero-order chi connectivity index (χ0) is 36.8. The molecule has 0 fully saturated rings. The smallest absolute Gasteiger partial charge is 0.462 e. The van der Waals surface area contributed by atoms with Gasteiger partial charge in [0.1, 0.15) is 6.61 Å². The van der Waals surface area contributed by atoms with Gasteiger partial charge in [-0.3, -0.25) is 14.1 Å². The number of carbonyl (C=O) groups excluding carboxylic acids is 2. The van der Waals surface area contributed by atoms with Gasteiger partial charge in [0.05, 0.1) is 6.61 Å². The lowest BCUT2D eigenvalue weighted by Gasteiger charge is -2.18. The maximum atomic E-state index is 12.4. The molecule has 0 aromatic heterocycles. The molecule has 8 nitrogen and oxygen atoms in total. The van der Waals surface area contributed by atoms with Gasteiger partial charge in [0.25, 0.3) is 0 Å². The molecule has 0 aromatic rings. The first-order valence-electron chi connectivity index (χ1n) is 20.6. The lowest BCUT2D eigenvalue weighted by Crippen LogP contribution is -2.29. The molecule has 294 valence electrons. The molecule has 0 bridgehead atoms. The molecule has 0 unspecified atom stereocenters. The quantitative estimate of drug-likeness (QED) is 0.0279. The molecule has 0 saturated carbocycles. The Morgan fingerprint density at radius 2 is 0.900 bits per heavy atom. The Hall–Kier alpha value is -1.47. The molecule has 0 radical (unpaired) electrons. The van der Waals surface area contributed by atoms with Crippen molar-refractivity contribution in [1.82, 2.24) is 0 Å². The molecule has 0 amide bonds. The summed E-state index contributed by atoms with van der Waals surface area (Å²) in [6, 6.07) is 0. The monoisotopic (exact) mass is 729 g/mol. The van der Waals surface area contributed by atoms with E-state index in [1.807, 2.05) is 0 Å². The summed E-state index contributed by atoms with van der Waals surface area (Å²) in [4.78, 5) is 42.8. The van der Waals surface area contributed by atoms with Crippen LogP contribution < -0.4 is 0 Å². The van der Waals surface area contributed by atoms with Gasteiger partial charge in [0.15, 0.2) is 6.10 Å². The van der Waals surface area contributed by atoms with Gasteiger partial charge in [0, 0.05) is 12.8 Å². The highest BCUT2D eigenvalue weighted by Crippen LogP contribution is 2.36. The Balaban J connectivity index is 3.91. The summed E-state index contributed by atoms with van der Waals surface area (Å²) in [5.41, 5.74) is 0. The van der Waals surface area contributed by atoms with Crippen molar-refractivity contribution in [3.8, 4) is 0 Å². The number of unbranched alkanes of at least 4 members (excludes halogenated alkanes) is 24. The second kappa shape index (κ2) is 37.3. The topological polar surface area (TPSA) is 119 Å². The number of phosphoric ester groups is 1. The third-order valence-corrected chi connectivity index (χ3v) is 9.46. The van der Waals surface area contributed by atoms with Crippen LogP contribution in [0.25, 0.3) is 0 Å². The lowest BCUT2D eigenvalue weighted by molar-refractivity contribution is -0.161. The second-order valence-electron chi connectivity index (χ2n) is 14.0. The van der Waals surface area contributed by atoms with Gasteiger partial charge in [-0.2, -0.15) is 0 Å². The zero-order valence-electron chi connectivity index (χ0n) is 32.3. The minimum Gasteiger partial charge on any atom is -0.462 e. The molecule has 0 aliphatic rings. The van der Waals surface area contributed by atoms with Gasteiger partial charge >= 0.3 is 19.8 Å². The van der Waals surface area contributed by atoms with Crippen LogP contribution >= 0.6 is 7.82 Å². The molecule has 9 heteroatoms. The molecule has 0 aliphatic carbocycles. The maximum Gasteiger partial charge on any atom is 0.469 e. The van der Waals surface area contributed by atoms with E-state index in [4.69, 9.17) is 19.3 Å². The van der Waals surface area contributed by atoms with Crippen molar-refractivity contribution in [3.05, 3.63) is 24.3 Å². The number of rotatable bonds is 38. The first kappa shape index (κ1) is 48.5. The van der Waals surface area contributed by atoms with Crippen LogP contribution in [0.15, 0.2) is 24.3 Å². The maximum absolute atomic E-state index is 12.4. The summed E-state index contributed by atoms with van der Waals surface area (Å²) in [6.45, 7) is 3.67. The number of allylic oxidation sites excluding steroid dienone is 4. The standard InChI is InChI=1S/C41H77O8P/c1-3-5-7-9-11-13-15-17-19-20-22-23-25-27-29-31-33-35-40(42)47-37-39(38-48-50(44,45)46)49-41(43)36-34-32-30-28-26-24-21-18-16-14-12-10-8-6-4-2/h11,13,17,19,39H,3-10,12,14-16,18,20-38H2,1-2H3,(H2,44,45,46)/b13-11-,19-17-/t39-/m1/s1. The molecule has 0 aliphatic heterocycles. The highest BCUT2D eigenvalue weighted by atomic mass is 31.2. The summed E-state index contributed by atoms with van der Waals surface area (Å²) in [5, 5.41) is 0. The van der Waals surface area contributed by atoms with Crippen molar-refractivity contribution in [2.75, 3.05) is 13.2 Å². The van der Waals surface area contributed by atoms with E-state index in [2.05, 4.69) is 42.7 Å². The van der Waals surface area contributed by atoms with Crippen molar-refractivity contribution in [1.29, 1.82) is 0 Å². The normalized spacial score (nSPS) is 12.6. The van der Waals surface area contributed by atoms with Gasteiger partial charge < -0.3 is 19.3 Å². The summed E-state index contributed by atoms with van der Waals surface area (Å²) in [5.74, 6) is -0.886. The number of hydrogen-bond donors (Lipinski definition) is 2. The Morgan fingerprint density at radius 1 is 0.520 bits per heavy atom. The molecule has 50 heavy (non-hydrogen) atoms. The predicted molar refractivity (Wildman–Crippen MR) is 207 cm³/mol. The largest absolute Gasteiger partial charge is 0.469 e. The van der Waals surface area contributed by atoms with E-state index in [0.29, 0.717) is 6.42 Å². The molecule has 1 atom stereocenters. The lowest BCUT2D eigenvalue weighted by atomic mass is 10.0. The average molecular weight is 729 g/mol. The van der Waals surface area contributed by atoms with Crippen LogP contribution in [0.5, 0.6) is 0 Å². The van der Waals surface area contributed by atoms with Gasteiger partial charge in [-0.1, -0.05) is 173 Å². The highest BCUT2D eigenvalue weighted by Gasteiger charge is 2.22. The van der Waals surface area contributed by atoms with Crippen molar-refractivity contribution < 1.29 is 37.9 Å². The molecular weight excluding hydrogens is 651 g/mol. The minimum atomic E-state index is -4.75. The number of esters is 2. The van der Waals surface area contributed by atoms with E-state index < -0.39 is 32.5 Å². The van der Waals surface area contributed by atoms with Crippen LogP contribution in [0.3, 0.4) is 0 Å². The highest BCUT2D eigenvalue weighted by molar-refractivity contribution is 7.46. The zero-order valence-corrected chi connectivity index (χ0v) is 33.2. The third kappa shape index (κ3) is 39.3. The molecule has 0 saturated heterocycles. The number of phosphoric acid groups is 1. The Kier molecular flexibility index (Phi) is 36.2. The van der Waals surface area contributed by atoms with Gasteiger partial charge in [-0.25, -0.2) is 4.57 Å². The van der Waals surface area contributed by atoms with E-state index >= 15 is 0 Å². The Bertz CT molecular complexity index is 869. The summed E-state index contributed by atoms with van der Waals surface area (Å²) < 4.78 is 26.4. The van der Waals surface area contributed by atoms with Gasteiger partial charge in [0.2, 0.25) is 0 Å². The summed E-state index contributed by atoms with van der Waals surface area (Å²) >= 11 is 0. The van der Waals surface area contributed by atoms with Crippen molar-refractivity contribution in [2.45, 2.75) is 213 Å². The van der Waals surface area contributed by atoms with Crippen molar-refractivity contribution >= 4 is 19.8 Å². The van der Waals surface area contributed by atoms with Gasteiger partial charge in [-0.05, 0) is 44.9 Å². The fraction of sp³-hybridized carbons (Fsp3) is 0.854. The van der Waals surface area contributed by atoms with Crippen LogP contribution in [-0.2, 0) is 28.2 Å². The molecular formula is C41H77O8P. The van der Waals surface area contributed by atoms with Crippen molar-refractivity contribution in [2.24, 2.45) is 0 Å². The summed E-state index contributed by atoms with van der Waals surface area (Å²) in [6.07, 6.45) is 41.8. The van der Waals surface area contributed by atoms with Crippen LogP contribution in [0.1, 0.15) is 206 Å². The SMILES string of the molecule is CCCCC/C=C\C/C=C\CCCCCCCCCC(=O)OC[C@H](COP(=O)(O)O)OC(=O)CCCCCCCCCCCCCCCCC. The van der Waals surface area contributed by atoms with Crippen LogP contribution in [-0.4, -0.2) is 41.0 Å². The van der Waals surface area contributed by atoms with E-state index in [1.54, 1.807) is 0 Å². The number of carbonyl (C=O) groups is 2. The fourth-order valence-electron chi connectivity index (χ4n) is 5.87. The first-order chi connectivity index (χ1) is 24.3. The van der Waals surface area contributed by atoms with Crippen molar-refractivity contribution in [3.63, 3.8) is 0 Å². The van der Waals surface area contributed by atoms with Crippen LogP contribution in [0.4, 0.5) is 0 Å². The minimum absolute atomic E-state index is 0.214. The van der Waals surface area contributed by atoms with E-state index in [1.165, 1.54) is 116 Å². The predicted octanol–water partition coefficient (Wildman–Crippen LogP) is 12.4. The van der Waals surface area contributed by atoms with Crippen LogP contribution in [0, 0.1) is 0 Å². The molecule has 0 rings (SSSR count). The molecule has 0 spiro atoms. The number of hydrogen-bond acceptors (Lipinski definition) is 6. The van der Waals surface area contributed by atoms with Gasteiger partial charge in [-0.15, -0.1) is 0 Å². The van der Waals surface area contributed by atoms with Crippen LogP contribution in [0.2, 0.25) is 0 Å². The van der Waals surface area contributed by atoms with E-state index in [-0.39, 0.29) is 19.4 Å². The van der Waals surface area contributed by atoms with E-state index in [9.17, 15) is 14.2 Å². The Labute approximate surface area is 307 Å². The fourth-order valence-corrected chi connectivity index (χ4v) is 6.23. The second-order valence-corrected chi connectivity index (χ2v) is 15.2. The summed E-state index contributed by atoms with van der Waals surface area (Å²) in [7, 11) is -4.75. The first-order valence-corrected chi connectivity index (χ1v) is 22.2. The Morgan fingerprint density at radius 3 is 1.36 bits per heavy atom. The molecule has 2 N–H and O–H groups in total. The average Bonchev–Trinajstić information content (AvgIpc) is 3.08. The number of ether oxygens (including phenoxy) is 2. The third-order valence-electron chi connectivity index (χ3n) is 8.97.